The number of nitrogens with zero attached hydrogens (tertiary/aromatic N) is 4. The Morgan fingerprint density at radius 1 is 1.39 bits per heavy atom. The summed E-state index contributed by atoms with van der Waals surface area (Å²) in [5.74, 6) is 1.21. The molecule has 0 amide bonds. The van der Waals surface area contributed by atoms with Gasteiger partial charge in [-0.3, -0.25) is 4.68 Å². The minimum Gasteiger partial charge on any atom is -0.367 e. The van der Waals surface area contributed by atoms with E-state index >= 15 is 0 Å². The lowest BCUT2D eigenvalue weighted by atomic mass is 10.5. The minimum atomic E-state index is 0.511. The topological polar surface area (TPSA) is 67.7 Å². The minimum absolute atomic E-state index is 0.511. The molecule has 2 aromatic rings. The summed E-state index contributed by atoms with van der Waals surface area (Å²) in [4.78, 5) is 8.36. The second kappa shape index (κ2) is 6.20. The predicted molar refractivity (Wildman–Crippen MR) is 71.9 cm³/mol. The largest absolute Gasteiger partial charge is 0.367 e. The van der Waals surface area contributed by atoms with Gasteiger partial charge in [0.05, 0.1) is 12.7 Å². The highest BCUT2D eigenvalue weighted by Gasteiger charge is 2.04. The first-order valence-electron chi connectivity index (χ1n) is 5.77. The first kappa shape index (κ1) is 12.6. The molecule has 0 aliphatic carbocycles. The van der Waals surface area contributed by atoms with Crippen LogP contribution in [0.5, 0.6) is 0 Å². The quantitative estimate of drug-likeness (QED) is 0.835. The van der Waals surface area contributed by atoms with E-state index in [-0.39, 0.29) is 0 Å². The van der Waals surface area contributed by atoms with Crippen molar-refractivity contribution in [2.24, 2.45) is 0 Å². The van der Waals surface area contributed by atoms with Crippen LogP contribution in [0.3, 0.4) is 0 Å². The molecule has 0 aliphatic heterocycles. The lowest BCUT2D eigenvalue weighted by molar-refractivity contribution is 0.637. The molecule has 2 N–H and O–H groups in total. The molecule has 0 saturated heterocycles. The first-order valence-corrected chi connectivity index (χ1v) is 6.15. The predicted octanol–water partition coefficient (Wildman–Crippen LogP) is 1.87. The summed E-state index contributed by atoms with van der Waals surface area (Å²) in [6.45, 7) is 4.21. The van der Waals surface area contributed by atoms with Crippen molar-refractivity contribution in [3.63, 3.8) is 0 Å². The lowest BCUT2D eigenvalue weighted by Crippen LogP contribution is -2.13. The number of anilines is 2. The summed E-state index contributed by atoms with van der Waals surface area (Å²) in [6, 6.07) is 1.89. The Morgan fingerprint density at radius 2 is 2.28 bits per heavy atom. The van der Waals surface area contributed by atoms with E-state index in [1.165, 1.54) is 0 Å². The molecule has 0 unspecified atom stereocenters. The van der Waals surface area contributed by atoms with Gasteiger partial charge in [-0.15, -0.1) is 0 Å². The molecule has 18 heavy (non-hydrogen) atoms. The van der Waals surface area contributed by atoms with Crippen molar-refractivity contribution < 1.29 is 0 Å². The van der Waals surface area contributed by atoms with Crippen LogP contribution in [0.1, 0.15) is 6.92 Å². The Hall–Kier alpha value is -1.82. The van der Waals surface area contributed by atoms with Crippen molar-refractivity contribution in [1.82, 2.24) is 19.7 Å². The molecule has 0 aromatic carbocycles. The van der Waals surface area contributed by atoms with Crippen LogP contribution in [0.2, 0.25) is 5.02 Å². The van der Waals surface area contributed by atoms with E-state index in [0.717, 1.165) is 13.1 Å². The first-order chi connectivity index (χ1) is 8.79. The lowest BCUT2D eigenvalue weighted by Gasteiger charge is -2.09. The molecule has 2 rings (SSSR count). The Bertz CT molecular complexity index is 484. The van der Waals surface area contributed by atoms with Crippen LogP contribution in [-0.4, -0.2) is 32.8 Å². The van der Waals surface area contributed by atoms with Gasteiger partial charge in [0.1, 0.15) is 5.02 Å². The molecule has 0 atom stereocenters. The maximum atomic E-state index is 6.02. The van der Waals surface area contributed by atoms with Gasteiger partial charge in [-0.05, 0) is 13.0 Å². The maximum Gasteiger partial charge on any atom is 0.224 e. The van der Waals surface area contributed by atoms with Gasteiger partial charge in [-0.2, -0.15) is 10.1 Å². The molecule has 0 fully saturated rings. The highest BCUT2D eigenvalue weighted by Crippen LogP contribution is 2.18. The fourth-order valence-corrected chi connectivity index (χ4v) is 1.61. The number of hydrogen-bond donors (Lipinski definition) is 2. The van der Waals surface area contributed by atoms with Crippen LogP contribution in [0.15, 0.2) is 24.7 Å². The van der Waals surface area contributed by atoms with E-state index in [1.807, 2.05) is 23.9 Å². The molecule has 0 bridgehead atoms. The molecule has 2 aromatic heterocycles. The van der Waals surface area contributed by atoms with Crippen LogP contribution in [0.25, 0.3) is 0 Å². The number of rotatable bonds is 6. The number of hydrogen-bond acceptors (Lipinski definition) is 5. The zero-order chi connectivity index (χ0) is 12.8. The van der Waals surface area contributed by atoms with Crippen LogP contribution >= 0.6 is 11.6 Å². The summed E-state index contributed by atoms with van der Waals surface area (Å²) < 4.78 is 1.84. The third-order valence-corrected chi connectivity index (χ3v) is 2.55. The van der Waals surface area contributed by atoms with Crippen LogP contribution in [0, 0.1) is 0 Å². The van der Waals surface area contributed by atoms with E-state index in [9.17, 15) is 0 Å². The van der Waals surface area contributed by atoms with Gasteiger partial charge >= 0.3 is 0 Å². The van der Waals surface area contributed by atoms with Gasteiger partial charge in [0.25, 0.3) is 0 Å². The van der Waals surface area contributed by atoms with Crippen LogP contribution in [0.4, 0.5) is 11.8 Å². The fourth-order valence-electron chi connectivity index (χ4n) is 1.46. The third kappa shape index (κ3) is 3.33. The Morgan fingerprint density at radius 3 is 3.00 bits per heavy atom. The molecule has 0 saturated carbocycles. The van der Waals surface area contributed by atoms with E-state index in [0.29, 0.717) is 23.3 Å². The SMILES string of the molecule is CCNc1ncc(Cl)c(NCCn2cccn2)n1. The monoisotopic (exact) mass is 266 g/mol. The fraction of sp³-hybridized carbons (Fsp3) is 0.364. The Labute approximate surface area is 110 Å². The van der Waals surface area contributed by atoms with E-state index < -0.39 is 0 Å². The zero-order valence-electron chi connectivity index (χ0n) is 10.1. The maximum absolute atomic E-state index is 6.02. The van der Waals surface area contributed by atoms with Gasteiger partial charge in [-0.1, -0.05) is 11.6 Å². The normalized spacial score (nSPS) is 10.3. The van der Waals surface area contributed by atoms with Crippen molar-refractivity contribution in [1.29, 1.82) is 0 Å². The summed E-state index contributed by atoms with van der Waals surface area (Å²) >= 11 is 6.02. The second-order valence-electron chi connectivity index (χ2n) is 3.62. The molecular formula is C11H15ClN6. The van der Waals surface area contributed by atoms with E-state index in [1.54, 1.807) is 12.4 Å². The standard InChI is InChI=1S/C11H15ClN6/c1-2-13-11-15-8-9(12)10(17-11)14-5-7-18-6-3-4-16-18/h3-4,6,8H,2,5,7H2,1H3,(H2,13,14,15,17). The highest BCUT2D eigenvalue weighted by molar-refractivity contribution is 6.32. The zero-order valence-corrected chi connectivity index (χ0v) is 10.9. The van der Waals surface area contributed by atoms with E-state index in [4.69, 9.17) is 11.6 Å². The van der Waals surface area contributed by atoms with Gasteiger partial charge in [0.2, 0.25) is 5.95 Å². The summed E-state index contributed by atoms with van der Waals surface area (Å²) in [7, 11) is 0. The second-order valence-corrected chi connectivity index (χ2v) is 4.02. The highest BCUT2D eigenvalue weighted by atomic mass is 35.5. The summed E-state index contributed by atoms with van der Waals surface area (Å²) in [6.07, 6.45) is 5.25. The smallest absolute Gasteiger partial charge is 0.224 e. The number of nitrogens with one attached hydrogen (secondary N) is 2. The van der Waals surface area contributed by atoms with Crippen molar-refractivity contribution in [3.05, 3.63) is 29.7 Å². The molecule has 0 spiro atoms. The number of aromatic nitrogens is 4. The molecule has 96 valence electrons. The van der Waals surface area contributed by atoms with Gasteiger partial charge in [-0.25, -0.2) is 4.98 Å². The van der Waals surface area contributed by atoms with Crippen molar-refractivity contribution in [2.45, 2.75) is 13.5 Å². The Kier molecular flexibility index (Phi) is 4.35. The Balaban J connectivity index is 1.93. The van der Waals surface area contributed by atoms with Crippen molar-refractivity contribution in [3.8, 4) is 0 Å². The van der Waals surface area contributed by atoms with E-state index in [2.05, 4.69) is 25.7 Å². The number of halogens is 1. The van der Waals surface area contributed by atoms with Crippen molar-refractivity contribution >= 4 is 23.4 Å². The summed E-state index contributed by atoms with van der Waals surface area (Å²) in [5.41, 5.74) is 0. The van der Waals surface area contributed by atoms with Crippen molar-refractivity contribution in [2.75, 3.05) is 23.7 Å². The molecule has 0 aliphatic rings. The average molecular weight is 267 g/mol. The van der Waals surface area contributed by atoms with Crippen LogP contribution in [-0.2, 0) is 6.54 Å². The molecule has 2 heterocycles. The van der Waals surface area contributed by atoms with Gasteiger partial charge < -0.3 is 10.6 Å². The molecule has 0 radical (unpaired) electrons. The van der Waals surface area contributed by atoms with Gasteiger partial charge in [0, 0.05) is 25.5 Å². The van der Waals surface area contributed by atoms with Crippen LogP contribution < -0.4 is 10.6 Å². The average Bonchev–Trinajstić information content (AvgIpc) is 2.86. The molecular weight excluding hydrogens is 252 g/mol. The summed E-state index contributed by atoms with van der Waals surface area (Å²) in [5, 5.41) is 10.8. The van der Waals surface area contributed by atoms with Gasteiger partial charge in [0.15, 0.2) is 5.82 Å². The molecule has 7 heteroatoms. The third-order valence-electron chi connectivity index (χ3n) is 2.27. The molecule has 6 nitrogen and oxygen atoms in total.